The van der Waals surface area contributed by atoms with Gasteiger partial charge in [-0.25, -0.2) is 0 Å². The van der Waals surface area contributed by atoms with E-state index in [-0.39, 0.29) is 5.91 Å². The van der Waals surface area contributed by atoms with Crippen molar-refractivity contribution in [3.05, 3.63) is 65.7 Å². The van der Waals surface area contributed by atoms with Crippen LogP contribution >= 0.6 is 11.8 Å². The maximum Gasteiger partial charge on any atom is 0.240 e. The second kappa shape index (κ2) is 8.53. The van der Waals surface area contributed by atoms with Gasteiger partial charge in [0.1, 0.15) is 5.25 Å². The number of aromatic nitrogens is 4. The van der Waals surface area contributed by atoms with Crippen LogP contribution in [0.15, 0.2) is 59.8 Å². The average Bonchev–Trinajstić information content (AvgIpc) is 3.21. The Morgan fingerprint density at radius 1 is 1.07 bits per heavy atom. The Kier molecular flexibility index (Phi) is 5.68. The predicted molar refractivity (Wildman–Crippen MR) is 106 cm³/mol. The van der Waals surface area contributed by atoms with Crippen molar-refractivity contribution in [3.8, 4) is 5.69 Å². The van der Waals surface area contributed by atoms with Crippen molar-refractivity contribution in [2.75, 3.05) is 26.3 Å². The molecule has 0 N–H and O–H groups in total. The molecule has 0 unspecified atom stereocenters. The monoisotopic (exact) mass is 395 g/mol. The number of carbonyl (C=O) groups is 1. The summed E-state index contributed by atoms with van der Waals surface area (Å²) >= 11 is 1.37. The Balaban J connectivity index is 1.64. The van der Waals surface area contributed by atoms with E-state index in [1.807, 2.05) is 66.4 Å². The van der Waals surface area contributed by atoms with Gasteiger partial charge in [-0.1, -0.05) is 59.8 Å². The largest absolute Gasteiger partial charge is 0.378 e. The summed E-state index contributed by atoms with van der Waals surface area (Å²) in [7, 11) is 0. The summed E-state index contributed by atoms with van der Waals surface area (Å²) in [5.74, 6) is 0.0537. The third-order valence-corrected chi connectivity index (χ3v) is 5.77. The molecule has 1 fully saturated rings. The Hall–Kier alpha value is -2.71. The zero-order valence-electron chi connectivity index (χ0n) is 15.6. The van der Waals surface area contributed by atoms with Crippen LogP contribution < -0.4 is 0 Å². The Labute approximate surface area is 167 Å². The van der Waals surface area contributed by atoms with Crippen LogP contribution in [0.5, 0.6) is 0 Å². The summed E-state index contributed by atoms with van der Waals surface area (Å²) in [6, 6.07) is 17.7. The van der Waals surface area contributed by atoms with Crippen molar-refractivity contribution in [1.82, 2.24) is 25.1 Å². The van der Waals surface area contributed by atoms with Crippen LogP contribution in [0.25, 0.3) is 5.69 Å². The van der Waals surface area contributed by atoms with Crippen molar-refractivity contribution in [1.29, 1.82) is 0 Å². The smallest absolute Gasteiger partial charge is 0.240 e. The Morgan fingerprint density at radius 3 is 2.50 bits per heavy atom. The number of hydrogen-bond donors (Lipinski definition) is 0. The first-order valence-electron chi connectivity index (χ1n) is 9.16. The average molecular weight is 395 g/mol. The maximum absolute atomic E-state index is 13.3. The third kappa shape index (κ3) is 4.07. The van der Waals surface area contributed by atoms with Gasteiger partial charge in [-0.05, 0) is 35.0 Å². The molecule has 1 atom stereocenters. The van der Waals surface area contributed by atoms with Gasteiger partial charge in [0, 0.05) is 13.1 Å². The maximum atomic E-state index is 13.3. The van der Waals surface area contributed by atoms with Crippen molar-refractivity contribution in [2.45, 2.75) is 17.3 Å². The van der Waals surface area contributed by atoms with Gasteiger partial charge in [-0.15, -0.1) is 5.10 Å². The Morgan fingerprint density at radius 2 is 1.79 bits per heavy atom. The van der Waals surface area contributed by atoms with Crippen LogP contribution in [0.3, 0.4) is 0 Å². The molecule has 0 aliphatic carbocycles. The minimum absolute atomic E-state index is 0.0537. The summed E-state index contributed by atoms with van der Waals surface area (Å²) < 4.78 is 7.06. The topological polar surface area (TPSA) is 73.1 Å². The van der Waals surface area contributed by atoms with E-state index in [9.17, 15) is 4.79 Å². The molecule has 0 saturated carbocycles. The lowest BCUT2D eigenvalue weighted by atomic mass is 10.1. The number of amides is 1. The minimum atomic E-state index is -0.422. The highest BCUT2D eigenvalue weighted by atomic mass is 32.2. The lowest BCUT2D eigenvalue weighted by molar-refractivity contribution is -0.134. The number of hydrogen-bond acceptors (Lipinski definition) is 6. The molecule has 1 aliphatic heterocycles. The summed E-state index contributed by atoms with van der Waals surface area (Å²) in [5.41, 5.74) is 2.96. The molecule has 144 valence electrons. The van der Waals surface area contributed by atoms with Gasteiger partial charge in [0.05, 0.1) is 18.9 Å². The molecule has 4 rings (SSSR count). The highest BCUT2D eigenvalue weighted by Crippen LogP contribution is 2.36. The second-order valence-corrected chi connectivity index (χ2v) is 7.63. The van der Waals surface area contributed by atoms with E-state index in [4.69, 9.17) is 4.74 Å². The minimum Gasteiger partial charge on any atom is -0.378 e. The van der Waals surface area contributed by atoms with E-state index in [0.717, 1.165) is 16.8 Å². The molecule has 2 heterocycles. The zero-order valence-corrected chi connectivity index (χ0v) is 16.4. The predicted octanol–water partition coefficient (Wildman–Crippen LogP) is 2.66. The van der Waals surface area contributed by atoms with Crippen molar-refractivity contribution >= 4 is 17.7 Å². The van der Waals surface area contributed by atoms with Gasteiger partial charge in [-0.3, -0.25) is 4.79 Å². The third-order valence-electron chi connectivity index (χ3n) is 4.59. The number of thioether (sulfide) groups is 1. The van der Waals surface area contributed by atoms with Crippen LogP contribution in [-0.4, -0.2) is 57.3 Å². The molecule has 2 aromatic carbocycles. The number of aryl methyl sites for hydroxylation is 1. The van der Waals surface area contributed by atoms with E-state index >= 15 is 0 Å². The van der Waals surface area contributed by atoms with Gasteiger partial charge in [-0.2, -0.15) is 4.68 Å². The van der Waals surface area contributed by atoms with Crippen LogP contribution in [0, 0.1) is 6.92 Å². The van der Waals surface area contributed by atoms with Crippen molar-refractivity contribution < 1.29 is 9.53 Å². The first-order valence-corrected chi connectivity index (χ1v) is 10.0. The second-order valence-electron chi connectivity index (χ2n) is 6.56. The summed E-state index contributed by atoms with van der Waals surface area (Å²) in [6.07, 6.45) is 0. The molecule has 0 spiro atoms. The lowest BCUT2D eigenvalue weighted by Gasteiger charge is -2.30. The first kappa shape index (κ1) is 18.6. The van der Waals surface area contributed by atoms with E-state index in [2.05, 4.69) is 15.5 Å². The normalized spacial score (nSPS) is 15.4. The van der Waals surface area contributed by atoms with Crippen LogP contribution in [0.1, 0.15) is 16.4 Å². The SMILES string of the molecule is Cc1ccc(-n2nnnc2S[C@H](C(=O)N2CCOCC2)c2ccccc2)cc1. The van der Waals surface area contributed by atoms with Crippen LogP contribution in [-0.2, 0) is 9.53 Å². The van der Waals surface area contributed by atoms with Gasteiger partial charge < -0.3 is 9.64 Å². The van der Waals surface area contributed by atoms with Crippen LogP contribution in [0.2, 0.25) is 0 Å². The summed E-state index contributed by atoms with van der Waals surface area (Å²) in [5, 5.41) is 12.3. The number of nitrogens with zero attached hydrogens (tertiary/aromatic N) is 5. The molecule has 7 nitrogen and oxygen atoms in total. The molecule has 1 aliphatic rings. The number of benzene rings is 2. The fraction of sp³-hybridized carbons (Fsp3) is 0.300. The first-order chi connectivity index (χ1) is 13.7. The molecular weight excluding hydrogens is 374 g/mol. The molecule has 0 radical (unpaired) electrons. The molecule has 28 heavy (non-hydrogen) atoms. The van der Waals surface area contributed by atoms with Gasteiger partial charge in [0.2, 0.25) is 11.1 Å². The van der Waals surface area contributed by atoms with Gasteiger partial charge in [0.15, 0.2) is 0 Å². The highest BCUT2D eigenvalue weighted by molar-refractivity contribution is 8.00. The molecule has 1 aromatic heterocycles. The molecule has 1 amide bonds. The van der Waals surface area contributed by atoms with Crippen LogP contribution in [0.4, 0.5) is 0 Å². The zero-order chi connectivity index (χ0) is 19.3. The molecule has 3 aromatic rings. The fourth-order valence-electron chi connectivity index (χ4n) is 3.04. The molecule has 1 saturated heterocycles. The lowest BCUT2D eigenvalue weighted by Crippen LogP contribution is -2.42. The number of rotatable bonds is 5. The van der Waals surface area contributed by atoms with E-state index in [0.29, 0.717) is 31.5 Å². The Bertz CT molecular complexity index is 923. The van der Waals surface area contributed by atoms with Crippen molar-refractivity contribution in [2.24, 2.45) is 0 Å². The number of morpholine rings is 1. The van der Waals surface area contributed by atoms with E-state index in [1.54, 1.807) is 4.68 Å². The quantitative estimate of drug-likeness (QED) is 0.619. The highest BCUT2D eigenvalue weighted by Gasteiger charge is 2.30. The van der Waals surface area contributed by atoms with Gasteiger partial charge >= 0.3 is 0 Å². The fourth-order valence-corrected chi connectivity index (χ4v) is 4.12. The number of tetrazole rings is 1. The van der Waals surface area contributed by atoms with Crippen molar-refractivity contribution in [3.63, 3.8) is 0 Å². The molecule has 0 bridgehead atoms. The van der Waals surface area contributed by atoms with Gasteiger partial charge in [0.25, 0.3) is 0 Å². The van der Waals surface area contributed by atoms with E-state index in [1.165, 1.54) is 11.8 Å². The molecular formula is C20H21N5O2S. The molecule has 8 heteroatoms. The number of carbonyl (C=O) groups excluding carboxylic acids is 1. The number of ether oxygens (including phenoxy) is 1. The van der Waals surface area contributed by atoms with E-state index < -0.39 is 5.25 Å². The summed E-state index contributed by atoms with van der Waals surface area (Å²) in [6.45, 7) is 4.38. The standard InChI is InChI=1S/C20H21N5O2S/c1-15-7-9-17(10-8-15)25-20(21-22-23-25)28-18(16-5-3-2-4-6-16)19(26)24-11-13-27-14-12-24/h2-10,18H,11-14H2,1H3/t18-/m0/s1. The summed E-state index contributed by atoms with van der Waals surface area (Å²) in [4.78, 5) is 15.1.